The third kappa shape index (κ3) is 2.89. The van der Waals surface area contributed by atoms with E-state index in [1.165, 1.54) is 18.3 Å². The number of hydrogen-bond acceptors (Lipinski definition) is 4. The lowest BCUT2D eigenvalue weighted by molar-refractivity contribution is -0.144. The van der Waals surface area contributed by atoms with Crippen LogP contribution in [0.2, 0.25) is 0 Å². The van der Waals surface area contributed by atoms with Crippen LogP contribution in [0.5, 0.6) is 0 Å². The van der Waals surface area contributed by atoms with Gasteiger partial charge in [0.2, 0.25) is 5.78 Å². The lowest BCUT2D eigenvalue weighted by Crippen LogP contribution is -2.55. The molecule has 0 aromatic heterocycles. The van der Waals surface area contributed by atoms with E-state index in [0.29, 0.717) is 26.2 Å². The fourth-order valence-electron chi connectivity index (χ4n) is 2.96. The number of halogens is 1. The predicted octanol–water partition coefficient (Wildman–Crippen LogP) is 0.441. The molecule has 0 bridgehead atoms. The van der Waals surface area contributed by atoms with Crippen molar-refractivity contribution in [3.63, 3.8) is 0 Å². The summed E-state index contributed by atoms with van der Waals surface area (Å²) in [5, 5.41) is 2.58. The minimum absolute atomic E-state index is 0.0267. The monoisotopic (exact) mass is 331 g/mol. The molecule has 7 heteroatoms. The number of carbonyl (C=O) groups is 3. The SMILES string of the molecule is CCNC(=O)C1=CN2CCN(Cc3ccc(F)cc3)C(=O)C2C1=O. The molecule has 3 rings (SSSR count). The summed E-state index contributed by atoms with van der Waals surface area (Å²) in [5.41, 5.74) is 0.819. The number of nitrogens with one attached hydrogen (secondary N) is 1. The molecule has 1 saturated heterocycles. The van der Waals surface area contributed by atoms with Gasteiger partial charge < -0.3 is 15.1 Å². The third-order valence-corrected chi connectivity index (χ3v) is 4.18. The first-order chi connectivity index (χ1) is 11.5. The summed E-state index contributed by atoms with van der Waals surface area (Å²) >= 11 is 0. The fraction of sp³-hybridized carbons (Fsp3) is 0.353. The summed E-state index contributed by atoms with van der Waals surface area (Å²) in [4.78, 5) is 40.2. The van der Waals surface area contributed by atoms with Gasteiger partial charge in [-0.25, -0.2) is 4.39 Å². The molecular formula is C17H18FN3O3. The van der Waals surface area contributed by atoms with Crippen LogP contribution in [0, 0.1) is 5.82 Å². The maximum atomic E-state index is 13.0. The highest BCUT2D eigenvalue weighted by Gasteiger charge is 2.45. The average Bonchev–Trinajstić information content (AvgIpc) is 2.90. The van der Waals surface area contributed by atoms with Gasteiger partial charge >= 0.3 is 0 Å². The van der Waals surface area contributed by atoms with Gasteiger partial charge in [-0.05, 0) is 24.6 Å². The standard InChI is InChI=1S/C17H18FN3O3/c1-2-19-16(23)13-10-20-7-8-21(17(24)14(20)15(13)22)9-11-3-5-12(18)6-4-11/h3-6,10,14H,2,7-9H2,1H3,(H,19,23). The third-order valence-electron chi connectivity index (χ3n) is 4.18. The number of Topliss-reactive ketones (excluding diaryl/α,β-unsaturated/α-hetero) is 1. The van der Waals surface area contributed by atoms with Crippen molar-refractivity contribution in [3.05, 3.63) is 47.4 Å². The number of fused-ring (bicyclic) bond motifs is 1. The van der Waals surface area contributed by atoms with Crippen molar-refractivity contribution in [1.29, 1.82) is 0 Å². The molecule has 1 fully saturated rings. The number of ketones is 1. The Morgan fingerprint density at radius 1 is 1.25 bits per heavy atom. The molecule has 0 saturated carbocycles. The van der Waals surface area contributed by atoms with Crippen molar-refractivity contribution in [3.8, 4) is 0 Å². The van der Waals surface area contributed by atoms with Gasteiger partial charge in [-0.3, -0.25) is 14.4 Å². The summed E-state index contributed by atoms with van der Waals surface area (Å²) in [7, 11) is 0. The van der Waals surface area contributed by atoms with Gasteiger partial charge in [-0.15, -0.1) is 0 Å². The number of piperazine rings is 1. The number of likely N-dealkylation sites (N-methyl/N-ethyl adjacent to an activating group) is 1. The Hall–Kier alpha value is -2.70. The molecule has 24 heavy (non-hydrogen) atoms. The molecule has 0 radical (unpaired) electrons. The zero-order valence-corrected chi connectivity index (χ0v) is 13.3. The predicted molar refractivity (Wildman–Crippen MR) is 84.1 cm³/mol. The second-order valence-corrected chi connectivity index (χ2v) is 5.79. The van der Waals surface area contributed by atoms with Crippen LogP contribution in [-0.4, -0.2) is 53.1 Å². The van der Waals surface area contributed by atoms with E-state index in [1.54, 1.807) is 28.9 Å². The van der Waals surface area contributed by atoms with E-state index in [0.717, 1.165) is 5.56 Å². The lowest BCUT2D eigenvalue weighted by Gasteiger charge is -2.36. The largest absolute Gasteiger partial charge is 0.357 e. The number of carbonyl (C=O) groups excluding carboxylic acids is 3. The van der Waals surface area contributed by atoms with E-state index >= 15 is 0 Å². The van der Waals surface area contributed by atoms with Crippen molar-refractivity contribution >= 4 is 17.6 Å². The van der Waals surface area contributed by atoms with Crippen LogP contribution in [0.3, 0.4) is 0 Å². The summed E-state index contributed by atoms with van der Waals surface area (Å²) in [5.74, 6) is -1.58. The van der Waals surface area contributed by atoms with Crippen LogP contribution in [-0.2, 0) is 20.9 Å². The number of nitrogens with zero attached hydrogens (tertiary/aromatic N) is 2. The molecule has 126 valence electrons. The lowest BCUT2D eigenvalue weighted by atomic mass is 10.0. The quantitative estimate of drug-likeness (QED) is 0.642. The minimum atomic E-state index is -0.961. The zero-order valence-electron chi connectivity index (χ0n) is 13.3. The van der Waals surface area contributed by atoms with E-state index in [1.807, 2.05) is 0 Å². The number of hydrogen-bond donors (Lipinski definition) is 1. The Labute approximate surface area is 138 Å². The molecule has 0 spiro atoms. The highest BCUT2D eigenvalue weighted by atomic mass is 19.1. The second-order valence-electron chi connectivity index (χ2n) is 5.79. The molecule has 1 aromatic rings. The smallest absolute Gasteiger partial charge is 0.256 e. The number of amides is 2. The summed E-state index contributed by atoms with van der Waals surface area (Å²) in [6.07, 6.45) is 1.48. The topological polar surface area (TPSA) is 69.7 Å². The van der Waals surface area contributed by atoms with Crippen molar-refractivity contribution < 1.29 is 18.8 Å². The number of rotatable bonds is 4. The van der Waals surface area contributed by atoms with Crippen molar-refractivity contribution in [2.75, 3.05) is 19.6 Å². The molecule has 2 aliphatic rings. The minimum Gasteiger partial charge on any atom is -0.357 e. The van der Waals surface area contributed by atoms with Gasteiger partial charge in [-0.2, -0.15) is 0 Å². The first-order valence-electron chi connectivity index (χ1n) is 7.84. The van der Waals surface area contributed by atoms with E-state index < -0.39 is 17.7 Å². The average molecular weight is 331 g/mol. The molecule has 1 unspecified atom stereocenters. The second kappa shape index (κ2) is 6.43. The van der Waals surface area contributed by atoms with Crippen LogP contribution in [0.25, 0.3) is 0 Å². The Morgan fingerprint density at radius 3 is 2.62 bits per heavy atom. The van der Waals surface area contributed by atoms with Gasteiger partial charge in [0.1, 0.15) is 11.4 Å². The normalized spacial score (nSPS) is 20.1. The Balaban J connectivity index is 1.73. The fourth-order valence-corrected chi connectivity index (χ4v) is 2.96. The van der Waals surface area contributed by atoms with Crippen LogP contribution in [0.4, 0.5) is 4.39 Å². The Bertz CT molecular complexity index is 714. The molecule has 2 amide bonds. The first-order valence-corrected chi connectivity index (χ1v) is 7.84. The summed E-state index contributed by atoms with van der Waals surface area (Å²) < 4.78 is 13.0. The Morgan fingerprint density at radius 2 is 1.96 bits per heavy atom. The Kier molecular flexibility index (Phi) is 4.33. The van der Waals surface area contributed by atoms with Crippen LogP contribution < -0.4 is 5.32 Å². The van der Waals surface area contributed by atoms with Gasteiger partial charge in [0.15, 0.2) is 6.04 Å². The van der Waals surface area contributed by atoms with Crippen molar-refractivity contribution in [2.24, 2.45) is 0 Å². The van der Waals surface area contributed by atoms with Crippen molar-refractivity contribution in [1.82, 2.24) is 15.1 Å². The molecule has 0 aliphatic carbocycles. The highest BCUT2D eigenvalue weighted by molar-refractivity contribution is 6.28. The van der Waals surface area contributed by atoms with Gasteiger partial charge in [0.05, 0.1) is 0 Å². The van der Waals surface area contributed by atoms with E-state index in [4.69, 9.17) is 0 Å². The number of benzene rings is 1. The van der Waals surface area contributed by atoms with Gasteiger partial charge in [-0.1, -0.05) is 12.1 Å². The maximum Gasteiger partial charge on any atom is 0.256 e. The van der Waals surface area contributed by atoms with Gasteiger partial charge in [0.25, 0.3) is 11.8 Å². The zero-order chi connectivity index (χ0) is 17.3. The molecular weight excluding hydrogens is 313 g/mol. The van der Waals surface area contributed by atoms with Gasteiger partial charge in [0, 0.05) is 32.4 Å². The molecule has 2 heterocycles. The molecule has 1 atom stereocenters. The van der Waals surface area contributed by atoms with Crippen molar-refractivity contribution in [2.45, 2.75) is 19.5 Å². The molecule has 2 aliphatic heterocycles. The molecule has 1 N–H and O–H groups in total. The molecule has 6 nitrogen and oxygen atoms in total. The highest BCUT2D eigenvalue weighted by Crippen LogP contribution is 2.24. The van der Waals surface area contributed by atoms with Crippen LogP contribution in [0.15, 0.2) is 36.0 Å². The maximum absolute atomic E-state index is 13.0. The summed E-state index contributed by atoms with van der Waals surface area (Å²) in [6.45, 7) is 3.41. The first kappa shape index (κ1) is 16.2. The molecule has 1 aromatic carbocycles. The van der Waals surface area contributed by atoms with E-state index in [2.05, 4.69) is 5.32 Å². The van der Waals surface area contributed by atoms with E-state index in [-0.39, 0.29) is 17.3 Å². The van der Waals surface area contributed by atoms with Crippen LogP contribution in [0.1, 0.15) is 12.5 Å². The summed E-state index contributed by atoms with van der Waals surface area (Å²) in [6, 6.07) is 4.95. The van der Waals surface area contributed by atoms with Crippen LogP contribution >= 0.6 is 0 Å². The van der Waals surface area contributed by atoms with E-state index in [9.17, 15) is 18.8 Å².